The molecule has 0 atom stereocenters. The smallest absolute Gasteiger partial charge is 0.295 e. The molecule has 0 unspecified atom stereocenters. The first-order valence-electron chi connectivity index (χ1n) is 7.78. The van der Waals surface area contributed by atoms with Crippen molar-refractivity contribution >= 4 is 17.1 Å². The van der Waals surface area contributed by atoms with Crippen LogP contribution >= 0.6 is 0 Å². The van der Waals surface area contributed by atoms with Gasteiger partial charge in [-0.1, -0.05) is 24.3 Å². The molecular weight excluding hydrogens is 290 g/mol. The average Bonchev–Trinajstić information content (AvgIpc) is 3.01. The molecule has 0 saturated carbocycles. The molecule has 2 aromatic carbocycles. The van der Waals surface area contributed by atoms with Gasteiger partial charge in [0.15, 0.2) is 5.58 Å². The number of benzene rings is 2. The van der Waals surface area contributed by atoms with Crippen molar-refractivity contribution in [1.29, 1.82) is 0 Å². The third kappa shape index (κ3) is 4.23. The zero-order chi connectivity index (χ0) is 15.9. The Kier molecular flexibility index (Phi) is 5.11. The summed E-state index contributed by atoms with van der Waals surface area (Å²) in [5.74, 6) is 0.885. The molecule has 2 N–H and O–H groups in total. The van der Waals surface area contributed by atoms with Crippen LogP contribution in [0.4, 0.5) is 6.01 Å². The molecule has 5 heteroatoms. The number of methoxy groups -OCH3 is 1. The van der Waals surface area contributed by atoms with Gasteiger partial charge in [0.1, 0.15) is 11.3 Å². The highest BCUT2D eigenvalue weighted by molar-refractivity contribution is 5.74. The van der Waals surface area contributed by atoms with Gasteiger partial charge >= 0.3 is 0 Å². The second-order valence-corrected chi connectivity index (χ2v) is 5.29. The lowest BCUT2D eigenvalue weighted by Gasteiger charge is -2.06. The second-order valence-electron chi connectivity index (χ2n) is 5.29. The molecule has 0 fully saturated rings. The highest BCUT2D eigenvalue weighted by atomic mass is 16.5. The van der Waals surface area contributed by atoms with Crippen molar-refractivity contribution in [2.24, 2.45) is 0 Å². The molecule has 5 nitrogen and oxygen atoms in total. The molecule has 3 rings (SSSR count). The van der Waals surface area contributed by atoms with Crippen molar-refractivity contribution in [3.05, 3.63) is 54.1 Å². The summed E-state index contributed by atoms with van der Waals surface area (Å²) in [5.41, 5.74) is 2.94. The number of oxazole rings is 1. The van der Waals surface area contributed by atoms with Gasteiger partial charge in [-0.15, -0.1) is 0 Å². The Morgan fingerprint density at radius 2 is 1.87 bits per heavy atom. The highest BCUT2D eigenvalue weighted by Gasteiger charge is 2.03. The molecule has 0 aliphatic rings. The van der Waals surface area contributed by atoms with Gasteiger partial charge in [0.2, 0.25) is 0 Å². The van der Waals surface area contributed by atoms with E-state index < -0.39 is 0 Å². The van der Waals surface area contributed by atoms with E-state index in [1.807, 2.05) is 36.4 Å². The Balaban J connectivity index is 1.35. The zero-order valence-corrected chi connectivity index (χ0v) is 13.2. The van der Waals surface area contributed by atoms with Crippen LogP contribution in [0.15, 0.2) is 52.9 Å². The van der Waals surface area contributed by atoms with Crippen LogP contribution < -0.4 is 15.4 Å². The lowest BCUT2D eigenvalue weighted by molar-refractivity contribution is 0.414. The van der Waals surface area contributed by atoms with Crippen molar-refractivity contribution in [3.8, 4) is 5.75 Å². The predicted molar refractivity (Wildman–Crippen MR) is 91.8 cm³/mol. The number of hydrogen-bond acceptors (Lipinski definition) is 5. The fraction of sp³-hybridized carbons (Fsp3) is 0.278. The molecule has 1 heterocycles. The zero-order valence-electron chi connectivity index (χ0n) is 13.2. The van der Waals surface area contributed by atoms with Crippen LogP contribution in [0.25, 0.3) is 11.1 Å². The van der Waals surface area contributed by atoms with Gasteiger partial charge in [0.25, 0.3) is 6.01 Å². The number of aromatic nitrogens is 1. The molecule has 1 aromatic heterocycles. The van der Waals surface area contributed by atoms with Gasteiger partial charge in [-0.05, 0) is 42.8 Å². The van der Waals surface area contributed by atoms with E-state index in [-0.39, 0.29) is 0 Å². The largest absolute Gasteiger partial charge is 0.497 e. The van der Waals surface area contributed by atoms with Crippen molar-refractivity contribution < 1.29 is 9.15 Å². The Hall–Kier alpha value is -2.53. The Morgan fingerprint density at radius 3 is 2.65 bits per heavy atom. The summed E-state index contributed by atoms with van der Waals surface area (Å²) in [6, 6.07) is 16.5. The maximum absolute atomic E-state index is 5.61. The van der Waals surface area contributed by atoms with E-state index in [4.69, 9.17) is 9.15 Å². The summed E-state index contributed by atoms with van der Waals surface area (Å²) < 4.78 is 10.8. The number of fused-ring (bicyclic) bond motifs is 1. The fourth-order valence-electron chi connectivity index (χ4n) is 2.33. The SMILES string of the molecule is COc1ccc(CNCCCNc2nc3ccccc3o2)cc1. The minimum atomic E-state index is 0.585. The van der Waals surface area contributed by atoms with Crippen LogP contribution in [0.5, 0.6) is 5.75 Å². The maximum Gasteiger partial charge on any atom is 0.295 e. The normalized spacial score (nSPS) is 10.8. The average molecular weight is 311 g/mol. The van der Waals surface area contributed by atoms with Gasteiger partial charge in [-0.3, -0.25) is 0 Å². The summed E-state index contributed by atoms with van der Waals surface area (Å²) >= 11 is 0. The summed E-state index contributed by atoms with van der Waals surface area (Å²) in [5, 5.41) is 6.63. The number of ether oxygens (including phenoxy) is 1. The van der Waals surface area contributed by atoms with Gasteiger partial charge in [-0.2, -0.15) is 4.98 Å². The van der Waals surface area contributed by atoms with Gasteiger partial charge in [0, 0.05) is 13.1 Å². The van der Waals surface area contributed by atoms with Crippen LogP contribution in [0.2, 0.25) is 0 Å². The first kappa shape index (κ1) is 15.4. The molecule has 0 saturated heterocycles. The van der Waals surface area contributed by atoms with Crippen LogP contribution in [0.1, 0.15) is 12.0 Å². The number of para-hydroxylation sites is 2. The van der Waals surface area contributed by atoms with Crippen LogP contribution in [0.3, 0.4) is 0 Å². The molecular formula is C18H21N3O2. The number of nitrogens with one attached hydrogen (secondary N) is 2. The lowest BCUT2D eigenvalue weighted by Crippen LogP contribution is -2.17. The van der Waals surface area contributed by atoms with Gasteiger partial charge in [0.05, 0.1) is 7.11 Å². The molecule has 23 heavy (non-hydrogen) atoms. The number of anilines is 1. The molecule has 0 bridgehead atoms. The third-order valence-electron chi connectivity index (χ3n) is 3.59. The molecule has 0 radical (unpaired) electrons. The Bertz CT molecular complexity index is 704. The lowest BCUT2D eigenvalue weighted by atomic mass is 10.2. The topological polar surface area (TPSA) is 59.3 Å². The van der Waals surface area contributed by atoms with Crippen molar-refractivity contribution in [1.82, 2.24) is 10.3 Å². The summed E-state index contributed by atoms with van der Waals surface area (Å²) in [7, 11) is 1.68. The van der Waals surface area contributed by atoms with Crippen LogP contribution in [-0.2, 0) is 6.54 Å². The molecule has 3 aromatic rings. The fourth-order valence-corrected chi connectivity index (χ4v) is 2.33. The molecule has 0 spiro atoms. The quantitative estimate of drug-likeness (QED) is 0.624. The van der Waals surface area contributed by atoms with Crippen LogP contribution in [-0.4, -0.2) is 25.2 Å². The van der Waals surface area contributed by atoms with E-state index in [1.54, 1.807) is 7.11 Å². The minimum Gasteiger partial charge on any atom is -0.497 e. The first-order chi connectivity index (χ1) is 11.3. The minimum absolute atomic E-state index is 0.585. The van der Waals surface area contributed by atoms with E-state index in [1.165, 1.54) is 5.56 Å². The third-order valence-corrected chi connectivity index (χ3v) is 3.59. The monoisotopic (exact) mass is 311 g/mol. The standard InChI is InChI=1S/C18H21N3O2/c1-22-15-9-7-14(8-10-15)13-19-11-4-12-20-18-21-16-5-2-3-6-17(16)23-18/h2-3,5-10,19H,4,11-13H2,1H3,(H,20,21). The molecule has 0 amide bonds. The van der Waals surface area contributed by atoms with E-state index in [0.717, 1.165) is 42.9 Å². The van der Waals surface area contributed by atoms with Crippen molar-refractivity contribution in [2.45, 2.75) is 13.0 Å². The summed E-state index contributed by atoms with van der Waals surface area (Å²) in [6.07, 6.45) is 0.995. The van der Waals surface area contributed by atoms with E-state index in [9.17, 15) is 0 Å². The first-order valence-corrected chi connectivity index (χ1v) is 7.78. The van der Waals surface area contributed by atoms with E-state index >= 15 is 0 Å². The second kappa shape index (κ2) is 7.65. The van der Waals surface area contributed by atoms with Crippen LogP contribution in [0, 0.1) is 0 Å². The van der Waals surface area contributed by atoms with Gasteiger partial charge in [-0.25, -0.2) is 0 Å². The summed E-state index contributed by atoms with van der Waals surface area (Å²) in [6.45, 7) is 2.61. The number of nitrogens with zero attached hydrogens (tertiary/aromatic N) is 1. The maximum atomic E-state index is 5.61. The predicted octanol–water partition coefficient (Wildman–Crippen LogP) is 3.43. The number of hydrogen-bond donors (Lipinski definition) is 2. The van der Waals surface area contributed by atoms with Crippen molar-refractivity contribution in [3.63, 3.8) is 0 Å². The highest BCUT2D eigenvalue weighted by Crippen LogP contribution is 2.17. The van der Waals surface area contributed by atoms with E-state index in [0.29, 0.717) is 6.01 Å². The molecule has 0 aliphatic carbocycles. The number of rotatable bonds is 8. The molecule has 120 valence electrons. The summed E-state index contributed by atoms with van der Waals surface area (Å²) in [4.78, 5) is 4.38. The Morgan fingerprint density at radius 1 is 1.04 bits per heavy atom. The molecule has 0 aliphatic heterocycles. The van der Waals surface area contributed by atoms with E-state index in [2.05, 4.69) is 27.8 Å². The Labute approximate surface area is 135 Å². The van der Waals surface area contributed by atoms with Crippen molar-refractivity contribution in [2.75, 3.05) is 25.5 Å². The van der Waals surface area contributed by atoms with Gasteiger partial charge < -0.3 is 19.8 Å².